The van der Waals surface area contributed by atoms with Crippen LogP contribution in [0.25, 0.3) is 11.1 Å². The average molecular weight is 991 g/mol. The highest BCUT2D eigenvalue weighted by Crippen LogP contribution is 2.23. The number of guanidine groups is 1. The van der Waals surface area contributed by atoms with Crippen LogP contribution in [0.5, 0.6) is 0 Å². The molecule has 0 saturated heterocycles. The number of tetrazole rings is 1. The van der Waals surface area contributed by atoms with Crippen LogP contribution in [0.1, 0.15) is 72.0 Å². The van der Waals surface area contributed by atoms with Crippen molar-refractivity contribution in [2.75, 3.05) is 50.9 Å². The number of aliphatic hydroxyl groups is 10. The van der Waals surface area contributed by atoms with Gasteiger partial charge in [-0.2, -0.15) is 5.21 Å². The topological polar surface area (TPSA) is 434 Å². The molecule has 380 valence electrons. The van der Waals surface area contributed by atoms with Crippen molar-refractivity contribution in [3.05, 3.63) is 76.3 Å². The first-order valence-electron chi connectivity index (χ1n) is 22.2. The number of unbranched alkanes of at least 4 members (excludes halogenated alkanes) is 2. The lowest BCUT2D eigenvalue weighted by atomic mass is 9.99. The van der Waals surface area contributed by atoms with Gasteiger partial charge in [-0.25, -0.2) is 9.97 Å². The molecule has 0 bridgehead atoms. The predicted molar refractivity (Wildman–Crippen MR) is 251 cm³/mol. The van der Waals surface area contributed by atoms with Gasteiger partial charge in [-0.3, -0.25) is 24.8 Å². The number of aryl methyl sites for hydroxylation is 2. The molecule has 0 radical (unpaired) electrons. The van der Waals surface area contributed by atoms with Crippen molar-refractivity contribution in [3.63, 3.8) is 0 Å². The Balaban J connectivity index is 1.23. The molecule has 19 N–H and O–H groups in total. The smallest absolute Gasteiger partial charge is 0.280 e. The van der Waals surface area contributed by atoms with E-state index in [1.165, 1.54) is 4.90 Å². The van der Waals surface area contributed by atoms with Crippen LogP contribution in [0.15, 0.2) is 53.5 Å². The average Bonchev–Trinajstić information content (AvgIpc) is 3.89. The fourth-order valence-electron chi connectivity index (χ4n) is 7.11. The number of anilines is 2. The van der Waals surface area contributed by atoms with E-state index in [1.807, 2.05) is 36.4 Å². The molecule has 9 atom stereocenters. The van der Waals surface area contributed by atoms with Crippen LogP contribution in [-0.2, 0) is 17.6 Å². The van der Waals surface area contributed by atoms with Crippen LogP contribution < -0.4 is 27.8 Å². The molecular weight excluding hydrogens is 926 g/mol. The zero-order valence-corrected chi connectivity index (χ0v) is 38.5. The lowest BCUT2D eigenvalue weighted by molar-refractivity contribution is -0.130. The Kier molecular flexibility index (Phi) is 22.9. The van der Waals surface area contributed by atoms with Gasteiger partial charge in [0.1, 0.15) is 36.6 Å². The molecule has 4 rings (SSSR count). The lowest BCUT2D eigenvalue weighted by Gasteiger charge is -2.33. The Morgan fingerprint density at radius 3 is 1.81 bits per heavy atom. The summed E-state index contributed by atoms with van der Waals surface area (Å²) in [4.78, 5) is 38.8. The summed E-state index contributed by atoms with van der Waals surface area (Å²) in [5.41, 5.74) is 21.0. The quantitative estimate of drug-likeness (QED) is 0.0144. The number of hydrogen-bond donors (Lipinski definition) is 16. The van der Waals surface area contributed by atoms with Gasteiger partial charge in [0, 0.05) is 26.1 Å². The molecule has 2 aromatic carbocycles. The van der Waals surface area contributed by atoms with Gasteiger partial charge in [0.05, 0.1) is 31.5 Å². The van der Waals surface area contributed by atoms with E-state index in [9.17, 15) is 50.4 Å². The Morgan fingerprint density at radius 2 is 1.28 bits per heavy atom. The van der Waals surface area contributed by atoms with E-state index in [0.717, 1.165) is 35.1 Å². The fourth-order valence-corrected chi connectivity index (χ4v) is 7.24. The molecule has 26 heteroatoms. The summed E-state index contributed by atoms with van der Waals surface area (Å²) in [7, 11) is 0. The van der Waals surface area contributed by atoms with Crippen LogP contribution in [-0.4, -0.2) is 193 Å². The second-order valence-electron chi connectivity index (χ2n) is 16.4. The summed E-state index contributed by atoms with van der Waals surface area (Å²) in [6, 6.07) is 15.4. The van der Waals surface area contributed by atoms with Gasteiger partial charge in [-0.1, -0.05) is 65.3 Å². The molecule has 0 spiro atoms. The number of nitrogen functional groups attached to an aromatic ring is 2. The number of aromatic nitrogens is 6. The molecule has 4 aromatic rings. The zero-order valence-electron chi connectivity index (χ0n) is 37.7. The van der Waals surface area contributed by atoms with Crippen molar-refractivity contribution in [1.82, 2.24) is 46.1 Å². The highest BCUT2D eigenvalue weighted by Gasteiger charge is 2.34. The highest BCUT2D eigenvalue weighted by molar-refractivity contribution is 6.31. The van der Waals surface area contributed by atoms with Crippen LogP contribution in [0, 0.1) is 0 Å². The lowest BCUT2D eigenvalue weighted by Crippen LogP contribution is -2.53. The number of aliphatic imine (C=N–C) groups is 1. The van der Waals surface area contributed by atoms with Crippen molar-refractivity contribution in [1.29, 1.82) is 0 Å². The maximum atomic E-state index is 13.2. The number of aromatic amines is 1. The molecular formula is C43H64ClN13O12. The summed E-state index contributed by atoms with van der Waals surface area (Å²) < 4.78 is 0. The van der Waals surface area contributed by atoms with E-state index in [4.69, 9.17) is 39.0 Å². The third-order valence-corrected chi connectivity index (χ3v) is 11.4. The van der Waals surface area contributed by atoms with Gasteiger partial charge in [-0.15, -0.1) is 10.2 Å². The van der Waals surface area contributed by atoms with Crippen molar-refractivity contribution in [2.45, 2.75) is 106 Å². The predicted octanol–water partition coefficient (Wildman–Crippen LogP) is -3.32. The molecule has 0 aliphatic rings. The van der Waals surface area contributed by atoms with Gasteiger partial charge in [-0.05, 0) is 73.7 Å². The number of amides is 2. The first-order chi connectivity index (χ1) is 32.9. The number of nitrogens with zero attached hydrogens (tertiary/aromatic N) is 7. The Labute approximate surface area is 402 Å². The van der Waals surface area contributed by atoms with E-state index < -0.39 is 87.1 Å². The minimum Gasteiger partial charge on any atom is -0.394 e. The monoisotopic (exact) mass is 989 g/mol. The zero-order chi connectivity index (χ0) is 50.6. The molecule has 69 heavy (non-hydrogen) atoms. The van der Waals surface area contributed by atoms with Gasteiger partial charge in [0.2, 0.25) is 5.91 Å². The highest BCUT2D eigenvalue weighted by atomic mass is 35.5. The molecule has 2 aromatic heterocycles. The molecule has 25 nitrogen and oxygen atoms in total. The van der Waals surface area contributed by atoms with Crippen LogP contribution in [0.2, 0.25) is 5.15 Å². The summed E-state index contributed by atoms with van der Waals surface area (Å²) in [5.74, 6) is -1.12. The minimum atomic E-state index is -1.91. The fraction of sp³-hybridized carbons (Fsp3) is 0.535. The maximum Gasteiger partial charge on any atom is 0.280 e. The first kappa shape index (κ1) is 56.0. The second kappa shape index (κ2) is 28.2. The van der Waals surface area contributed by atoms with E-state index in [2.05, 4.69) is 58.4 Å². The summed E-state index contributed by atoms with van der Waals surface area (Å²) in [6.45, 7) is -2.10. The number of halogens is 1. The van der Waals surface area contributed by atoms with Crippen LogP contribution in [0.4, 0.5) is 11.6 Å². The van der Waals surface area contributed by atoms with Crippen molar-refractivity contribution < 1.29 is 60.7 Å². The van der Waals surface area contributed by atoms with Crippen molar-refractivity contribution in [2.24, 2.45) is 10.7 Å². The Morgan fingerprint density at radius 1 is 0.725 bits per heavy atom. The van der Waals surface area contributed by atoms with Crippen molar-refractivity contribution >= 4 is 41.0 Å². The van der Waals surface area contributed by atoms with Gasteiger partial charge in [0.15, 0.2) is 34.3 Å². The molecule has 0 fully saturated rings. The molecule has 0 aliphatic heterocycles. The molecule has 2 amide bonds. The SMILES string of the molecule is NC(=NCCCCc1ccc(-c2ccc(CCC(=O)N[C@@H](CCCCN(C[C@H](O)[C@@H](O)[C@H](O)[C@H](O)CO)C[C@H](O)[C@@H](O)[C@H](O)[C@H](O)CO)c3nn[nH]n3)cc2)cc1)NC(=O)c1nc(Cl)c(N)nc1N. The van der Waals surface area contributed by atoms with E-state index in [1.54, 1.807) is 0 Å². The van der Waals surface area contributed by atoms with E-state index in [0.29, 0.717) is 38.6 Å². The van der Waals surface area contributed by atoms with Crippen molar-refractivity contribution in [3.8, 4) is 11.1 Å². The van der Waals surface area contributed by atoms with Gasteiger partial charge < -0.3 is 73.6 Å². The molecule has 0 saturated carbocycles. The van der Waals surface area contributed by atoms with Gasteiger partial charge >= 0.3 is 0 Å². The first-order valence-corrected chi connectivity index (χ1v) is 22.6. The minimum absolute atomic E-state index is 0.0940. The van der Waals surface area contributed by atoms with Crippen LogP contribution >= 0.6 is 11.6 Å². The standard InChI is InChI=1S/C43H64ClN13O12/c44-38-40(46)51-39(45)33(50-38)42(69)52-43(47)48-17-3-1-5-23-7-12-25(13-8-23)26-14-9-24(10-15-26)11-16-32(64)49-27(41-53-55-56-54-41)6-2-4-18-57(19-28(60)34(65)36(67)30(62)21-58)20-29(61)35(66)37(68)31(63)22-59/h7-10,12-15,27-31,34-37,58-63,65-68H,1-6,11,16-22H2,(H,49,64)(H4,45,46,51)(H3,47,48,52,69)(H,53,54,55,56)/t27-,28-,29-,30+,31+,34+,35+,36+,37+/m0/s1. The number of carbonyl (C=O) groups excluding carboxylic acids is 2. The number of nitrogens with one attached hydrogen (secondary N) is 3. The third kappa shape index (κ3) is 17.7. The largest absolute Gasteiger partial charge is 0.394 e. The normalized spacial score (nSPS) is 16.0. The number of rotatable bonds is 29. The molecule has 2 heterocycles. The summed E-state index contributed by atoms with van der Waals surface area (Å²) in [6.07, 6.45) is -10.5. The van der Waals surface area contributed by atoms with Gasteiger partial charge in [0.25, 0.3) is 5.91 Å². The maximum absolute atomic E-state index is 13.2. The number of benzene rings is 2. The Hall–Kier alpha value is -5.55. The summed E-state index contributed by atoms with van der Waals surface area (Å²) in [5, 5.41) is 119. The number of carbonyl (C=O) groups is 2. The molecule has 0 unspecified atom stereocenters. The summed E-state index contributed by atoms with van der Waals surface area (Å²) >= 11 is 5.84. The Bertz CT molecular complexity index is 2170. The number of nitrogens with two attached hydrogens (primary N) is 3. The third-order valence-electron chi connectivity index (χ3n) is 11.2. The number of hydrogen-bond acceptors (Lipinski definition) is 21. The molecule has 0 aliphatic carbocycles. The number of aliphatic hydroxyl groups excluding tert-OH is 10. The second-order valence-corrected chi connectivity index (χ2v) is 16.8. The van der Waals surface area contributed by atoms with E-state index >= 15 is 0 Å². The van der Waals surface area contributed by atoms with Crippen LogP contribution in [0.3, 0.4) is 0 Å². The number of H-pyrrole nitrogens is 1. The van der Waals surface area contributed by atoms with E-state index in [-0.39, 0.29) is 53.1 Å².